The molecule has 0 spiro atoms. The molecule has 0 aliphatic heterocycles. The number of halogens is 2. The number of hydrogen-bond acceptors (Lipinski definition) is 3. The average Bonchev–Trinajstić information content (AvgIpc) is 2.72. The molecule has 31 heavy (non-hydrogen) atoms. The van der Waals surface area contributed by atoms with Gasteiger partial charge in [-0.05, 0) is 73.5 Å². The molecular weight excluding hydrogens is 439 g/mol. The van der Waals surface area contributed by atoms with Crippen molar-refractivity contribution >= 4 is 33.2 Å². The summed E-state index contributed by atoms with van der Waals surface area (Å²) in [7, 11) is -4.02. The zero-order valence-electron chi connectivity index (χ0n) is 17.0. The normalized spacial score (nSPS) is 12.3. The topological polar surface area (TPSA) is 66.5 Å². The Morgan fingerprint density at radius 1 is 1.06 bits per heavy atom. The van der Waals surface area contributed by atoms with Gasteiger partial charge in [0.2, 0.25) is 5.91 Å². The van der Waals surface area contributed by atoms with Crippen molar-refractivity contribution in [2.24, 2.45) is 0 Å². The van der Waals surface area contributed by atoms with Crippen molar-refractivity contribution in [1.29, 1.82) is 0 Å². The molecule has 1 amide bonds. The molecule has 0 bridgehead atoms. The molecule has 0 aliphatic carbocycles. The summed E-state index contributed by atoms with van der Waals surface area (Å²) in [5.41, 5.74) is 1.94. The van der Waals surface area contributed by atoms with Crippen molar-refractivity contribution < 1.29 is 17.6 Å². The van der Waals surface area contributed by atoms with Gasteiger partial charge >= 0.3 is 0 Å². The van der Waals surface area contributed by atoms with E-state index >= 15 is 0 Å². The van der Waals surface area contributed by atoms with Crippen LogP contribution in [0.1, 0.15) is 24.1 Å². The Morgan fingerprint density at radius 2 is 1.71 bits per heavy atom. The van der Waals surface area contributed by atoms with Crippen LogP contribution in [0, 0.1) is 12.7 Å². The predicted octanol–water partition coefficient (Wildman–Crippen LogP) is 4.86. The molecule has 1 N–H and O–H groups in total. The van der Waals surface area contributed by atoms with Crippen LogP contribution in [0.5, 0.6) is 0 Å². The van der Waals surface area contributed by atoms with E-state index < -0.39 is 28.5 Å². The third-order valence-electron chi connectivity index (χ3n) is 4.73. The molecular formula is C23H22ClFN2O3S. The first-order valence-corrected chi connectivity index (χ1v) is 11.4. The van der Waals surface area contributed by atoms with Crippen molar-refractivity contribution in [3.8, 4) is 0 Å². The van der Waals surface area contributed by atoms with Gasteiger partial charge in [0.1, 0.15) is 12.4 Å². The minimum absolute atomic E-state index is 0.0257. The van der Waals surface area contributed by atoms with Gasteiger partial charge < -0.3 is 5.32 Å². The molecule has 0 aliphatic rings. The molecule has 5 nitrogen and oxygen atoms in total. The highest BCUT2D eigenvalue weighted by Gasteiger charge is 2.27. The van der Waals surface area contributed by atoms with E-state index in [0.717, 1.165) is 9.87 Å². The predicted molar refractivity (Wildman–Crippen MR) is 120 cm³/mol. The van der Waals surface area contributed by atoms with E-state index in [0.29, 0.717) is 16.3 Å². The molecule has 162 valence electrons. The first-order valence-electron chi connectivity index (χ1n) is 9.56. The van der Waals surface area contributed by atoms with Gasteiger partial charge in [0.05, 0.1) is 16.6 Å². The van der Waals surface area contributed by atoms with Crippen molar-refractivity contribution in [3.63, 3.8) is 0 Å². The monoisotopic (exact) mass is 460 g/mol. The lowest BCUT2D eigenvalue weighted by Gasteiger charge is -2.25. The van der Waals surface area contributed by atoms with E-state index in [1.807, 2.05) is 13.0 Å². The Kier molecular flexibility index (Phi) is 6.97. The van der Waals surface area contributed by atoms with E-state index in [4.69, 9.17) is 11.6 Å². The lowest BCUT2D eigenvalue weighted by molar-refractivity contribution is -0.120. The van der Waals surface area contributed by atoms with Crippen LogP contribution in [-0.2, 0) is 14.8 Å². The highest BCUT2D eigenvalue weighted by Crippen LogP contribution is 2.25. The summed E-state index contributed by atoms with van der Waals surface area (Å²) in [6.07, 6.45) is 0. The van der Waals surface area contributed by atoms with Crippen molar-refractivity contribution in [2.75, 3.05) is 10.8 Å². The molecule has 0 aromatic heterocycles. The van der Waals surface area contributed by atoms with E-state index in [9.17, 15) is 17.6 Å². The Balaban J connectivity index is 1.89. The molecule has 1 atom stereocenters. The Morgan fingerprint density at radius 3 is 2.32 bits per heavy atom. The summed E-state index contributed by atoms with van der Waals surface area (Å²) in [5, 5.41) is 3.18. The number of nitrogens with one attached hydrogen (secondary N) is 1. The van der Waals surface area contributed by atoms with Crippen molar-refractivity contribution in [3.05, 3.63) is 94.8 Å². The third-order valence-corrected chi connectivity index (χ3v) is 6.77. The van der Waals surface area contributed by atoms with Gasteiger partial charge in [-0.25, -0.2) is 12.8 Å². The summed E-state index contributed by atoms with van der Waals surface area (Å²) >= 11 is 5.89. The molecule has 0 saturated heterocycles. The zero-order chi connectivity index (χ0) is 22.6. The van der Waals surface area contributed by atoms with Crippen LogP contribution >= 0.6 is 11.6 Å². The molecule has 0 saturated carbocycles. The van der Waals surface area contributed by atoms with Crippen LogP contribution < -0.4 is 9.62 Å². The summed E-state index contributed by atoms with van der Waals surface area (Å²) < 4.78 is 40.9. The van der Waals surface area contributed by atoms with Gasteiger partial charge in [-0.1, -0.05) is 35.9 Å². The largest absolute Gasteiger partial charge is 0.348 e. The quantitative estimate of drug-likeness (QED) is 0.547. The molecule has 0 unspecified atom stereocenters. The lowest BCUT2D eigenvalue weighted by atomic mass is 10.1. The fraction of sp³-hybridized carbons (Fsp3) is 0.174. The third kappa shape index (κ3) is 5.62. The molecule has 0 heterocycles. The van der Waals surface area contributed by atoms with E-state index in [1.54, 1.807) is 37.3 Å². The summed E-state index contributed by atoms with van der Waals surface area (Å²) in [5.74, 6) is -0.863. The first-order chi connectivity index (χ1) is 14.7. The molecule has 3 aromatic rings. The Hall–Kier alpha value is -2.90. The zero-order valence-corrected chi connectivity index (χ0v) is 18.6. The first kappa shape index (κ1) is 22.8. The van der Waals surface area contributed by atoms with Crippen LogP contribution in [0.3, 0.4) is 0 Å². The highest BCUT2D eigenvalue weighted by atomic mass is 35.5. The van der Waals surface area contributed by atoms with Crippen molar-refractivity contribution in [2.45, 2.75) is 24.8 Å². The fourth-order valence-electron chi connectivity index (χ4n) is 3.08. The number of nitrogens with zero attached hydrogens (tertiary/aromatic N) is 1. The van der Waals surface area contributed by atoms with E-state index in [1.165, 1.54) is 36.4 Å². The number of carbonyl (C=O) groups excluding carboxylic acids is 1. The minimum atomic E-state index is -4.02. The number of anilines is 1. The van der Waals surface area contributed by atoms with Gasteiger partial charge in [-0.2, -0.15) is 0 Å². The van der Waals surface area contributed by atoms with Gasteiger partial charge in [0, 0.05) is 5.02 Å². The average molecular weight is 461 g/mol. The molecule has 0 radical (unpaired) electrons. The van der Waals surface area contributed by atoms with E-state index in [-0.39, 0.29) is 10.7 Å². The van der Waals surface area contributed by atoms with Gasteiger partial charge in [0.15, 0.2) is 0 Å². The summed E-state index contributed by atoms with van der Waals surface area (Å²) in [4.78, 5) is 12.8. The smallest absolute Gasteiger partial charge is 0.264 e. The number of benzene rings is 3. The number of carbonyl (C=O) groups is 1. The van der Waals surface area contributed by atoms with Crippen LogP contribution in [0.2, 0.25) is 5.02 Å². The van der Waals surface area contributed by atoms with Crippen molar-refractivity contribution in [1.82, 2.24) is 5.32 Å². The lowest BCUT2D eigenvalue weighted by Crippen LogP contribution is -2.41. The maximum Gasteiger partial charge on any atom is 0.264 e. The van der Waals surface area contributed by atoms with E-state index in [2.05, 4.69) is 5.32 Å². The highest BCUT2D eigenvalue weighted by molar-refractivity contribution is 7.92. The van der Waals surface area contributed by atoms with Gasteiger partial charge in [-0.15, -0.1) is 0 Å². The number of sulfonamides is 1. The Bertz CT molecular complexity index is 1170. The number of hydrogen-bond donors (Lipinski definition) is 1. The Labute approximate surface area is 186 Å². The SMILES string of the molecule is Cc1cccc(N(CC(=O)N[C@H](C)c2ccc(F)cc2)S(=O)(=O)c2ccc(Cl)cc2)c1. The van der Waals surface area contributed by atoms with Gasteiger partial charge in [0.25, 0.3) is 10.0 Å². The van der Waals surface area contributed by atoms with Crippen LogP contribution in [0.25, 0.3) is 0 Å². The minimum Gasteiger partial charge on any atom is -0.348 e. The second-order valence-electron chi connectivity index (χ2n) is 7.15. The second kappa shape index (κ2) is 9.49. The number of aryl methyl sites for hydroxylation is 1. The maximum absolute atomic E-state index is 13.3. The van der Waals surface area contributed by atoms with Gasteiger partial charge in [-0.3, -0.25) is 9.10 Å². The molecule has 3 aromatic carbocycles. The summed E-state index contributed by atoms with van der Waals surface area (Å²) in [6.45, 7) is 3.17. The van der Waals surface area contributed by atoms with Crippen LogP contribution in [-0.4, -0.2) is 20.9 Å². The fourth-order valence-corrected chi connectivity index (χ4v) is 4.62. The van der Waals surface area contributed by atoms with Crippen LogP contribution in [0.4, 0.5) is 10.1 Å². The molecule has 0 fully saturated rings. The summed E-state index contributed by atoms with van der Waals surface area (Å²) in [6, 6.07) is 18.0. The van der Waals surface area contributed by atoms with Crippen LogP contribution in [0.15, 0.2) is 77.7 Å². The molecule has 3 rings (SSSR count). The number of rotatable bonds is 7. The second-order valence-corrected chi connectivity index (χ2v) is 9.44. The maximum atomic E-state index is 13.3. The standard InChI is InChI=1S/C23H22ClFN2O3S/c1-16-4-3-5-21(14-16)27(31(29,30)22-12-8-19(24)9-13-22)15-23(28)26-17(2)18-6-10-20(25)11-7-18/h3-14,17H,15H2,1-2H3,(H,26,28)/t17-/m1/s1. The number of amides is 1. The molecule has 8 heteroatoms.